The van der Waals surface area contributed by atoms with Gasteiger partial charge in [0.2, 0.25) is 0 Å². The van der Waals surface area contributed by atoms with Crippen LogP contribution in [0.15, 0.2) is 35.4 Å². The first-order valence-corrected chi connectivity index (χ1v) is 7.06. The maximum atomic E-state index is 12.5. The summed E-state index contributed by atoms with van der Waals surface area (Å²) in [6.07, 6.45) is -3.33. The Balaban J connectivity index is 2.25. The Morgan fingerprint density at radius 3 is 2.45 bits per heavy atom. The molecular weight excluding hydrogens is 287 g/mol. The van der Waals surface area contributed by atoms with Gasteiger partial charge in [0.15, 0.2) is 0 Å². The smallest absolute Gasteiger partial charge is 0.384 e. The normalized spacial score (nSPS) is 11.8. The average Bonchev–Trinajstić information content (AvgIpc) is 2.77. The van der Waals surface area contributed by atoms with Gasteiger partial charge in [-0.2, -0.15) is 18.3 Å². The van der Waals surface area contributed by atoms with E-state index < -0.39 is 11.7 Å². The quantitative estimate of drug-likeness (QED) is 0.869. The van der Waals surface area contributed by atoms with Crippen LogP contribution in [0.2, 0.25) is 0 Å². The van der Waals surface area contributed by atoms with E-state index in [4.69, 9.17) is 5.73 Å². The number of anilines is 1. The van der Waals surface area contributed by atoms with Crippen LogP contribution in [0.3, 0.4) is 0 Å². The Hall–Kier alpha value is -1.63. The number of hydrogen-bond acceptors (Lipinski definition) is 3. The maximum absolute atomic E-state index is 12.5. The molecule has 0 saturated carbocycles. The molecule has 1 aromatic heterocycles. The van der Waals surface area contributed by atoms with Gasteiger partial charge in [0.05, 0.1) is 11.3 Å². The molecule has 0 amide bonds. The van der Waals surface area contributed by atoms with E-state index in [0.29, 0.717) is 11.5 Å². The minimum absolute atomic E-state index is 0.406. The summed E-state index contributed by atoms with van der Waals surface area (Å²) >= 11 is 1.57. The van der Waals surface area contributed by atoms with Gasteiger partial charge in [0, 0.05) is 6.07 Å². The number of nitrogen functional groups attached to an aromatic ring is 1. The number of thioether (sulfide) groups is 1. The van der Waals surface area contributed by atoms with Gasteiger partial charge in [-0.05, 0) is 36.4 Å². The number of alkyl halides is 3. The van der Waals surface area contributed by atoms with Crippen LogP contribution in [0, 0.1) is 0 Å². The van der Waals surface area contributed by atoms with Crippen molar-refractivity contribution in [3.63, 3.8) is 0 Å². The summed E-state index contributed by atoms with van der Waals surface area (Å²) in [7, 11) is 0. The summed E-state index contributed by atoms with van der Waals surface area (Å²) in [5.41, 5.74) is 5.66. The molecule has 0 spiro atoms. The van der Waals surface area contributed by atoms with Crippen LogP contribution in [-0.4, -0.2) is 15.5 Å². The molecule has 0 aliphatic carbocycles. The highest BCUT2D eigenvalue weighted by Gasteiger charge is 2.30. The Morgan fingerprint density at radius 1 is 1.25 bits per heavy atom. The highest BCUT2D eigenvalue weighted by atomic mass is 32.2. The van der Waals surface area contributed by atoms with Crippen LogP contribution < -0.4 is 5.73 Å². The van der Waals surface area contributed by atoms with Crippen LogP contribution >= 0.6 is 11.8 Å². The molecule has 0 aliphatic heterocycles. The van der Waals surface area contributed by atoms with Gasteiger partial charge in [-0.1, -0.05) is 6.92 Å². The van der Waals surface area contributed by atoms with Crippen molar-refractivity contribution < 1.29 is 13.2 Å². The molecule has 2 aromatic rings. The minimum Gasteiger partial charge on any atom is -0.384 e. The van der Waals surface area contributed by atoms with Crippen LogP contribution in [0.25, 0.3) is 5.69 Å². The minimum atomic E-state index is -4.34. The van der Waals surface area contributed by atoms with Gasteiger partial charge in [-0.25, -0.2) is 4.68 Å². The van der Waals surface area contributed by atoms with Gasteiger partial charge >= 0.3 is 6.18 Å². The fraction of sp³-hybridized carbons (Fsp3) is 0.308. The molecule has 1 heterocycles. The monoisotopic (exact) mass is 301 g/mol. The Bertz CT molecular complexity index is 576. The van der Waals surface area contributed by atoms with E-state index >= 15 is 0 Å². The predicted molar refractivity (Wildman–Crippen MR) is 74.0 cm³/mol. The van der Waals surface area contributed by atoms with Crippen molar-refractivity contribution in [2.75, 3.05) is 11.5 Å². The molecule has 108 valence electrons. The molecule has 20 heavy (non-hydrogen) atoms. The van der Waals surface area contributed by atoms with Crippen molar-refractivity contribution in [2.45, 2.75) is 24.5 Å². The zero-order valence-electron chi connectivity index (χ0n) is 10.8. The number of halogens is 3. The van der Waals surface area contributed by atoms with E-state index in [1.165, 1.54) is 16.8 Å². The van der Waals surface area contributed by atoms with Crippen LogP contribution in [0.5, 0.6) is 0 Å². The number of hydrogen-bond donors (Lipinski definition) is 1. The third-order valence-electron chi connectivity index (χ3n) is 2.61. The van der Waals surface area contributed by atoms with Gasteiger partial charge in [0.25, 0.3) is 0 Å². The van der Waals surface area contributed by atoms with Crippen LogP contribution in [0.4, 0.5) is 19.0 Å². The lowest BCUT2D eigenvalue weighted by atomic mass is 10.2. The molecule has 1 aromatic carbocycles. The summed E-state index contributed by atoms with van der Waals surface area (Å²) in [4.78, 5) is 0. The van der Waals surface area contributed by atoms with E-state index in [2.05, 4.69) is 12.0 Å². The highest BCUT2D eigenvalue weighted by molar-refractivity contribution is 7.99. The Kier molecular flexibility index (Phi) is 4.27. The van der Waals surface area contributed by atoms with Crippen molar-refractivity contribution in [1.82, 2.24) is 9.78 Å². The third-order valence-corrected chi connectivity index (χ3v) is 3.72. The van der Waals surface area contributed by atoms with Crippen molar-refractivity contribution >= 4 is 17.6 Å². The number of aromatic nitrogens is 2. The zero-order valence-corrected chi connectivity index (χ0v) is 11.6. The highest BCUT2D eigenvalue weighted by Crippen LogP contribution is 2.30. The third kappa shape index (κ3) is 3.27. The standard InChI is InChI=1S/C13H14F3N3S/c1-2-7-20-12-8-11(17)19(18-12)10-5-3-9(4-6-10)13(14,15)16/h3-6,8H,2,7,17H2,1H3. The summed E-state index contributed by atoms with van der Waals surface area (Å²) < 4.78 is 38.9. The lowest BCUT2D eigenvalue weighted by Gasteiger charge is -2.08. The van der Waals surface area contributed by atoms with Gasteiger partial charge in [0.1, 0.15) is 10.8 Å². The van der Waals surface area contributed by atoms with E-state index in [0.717, 1.165) is 29.3 Å². The van der Waals surface area contributed by atoms with E-state index in [-0.39, 0.29) is 0 Å². The average molecular weight is 301 g/mol. The van der Waals surface area contributed by atoms with Crippen molar-refractivity contribution in [3.05, 3.63) is 35.9 Å². The van der Waals surface area contributed by atoms with Crippen LogP contribution in [0.1, 0.15) is 18.9 Å². The summed E-state index contributed by atoms with van der Waals surface area (Å²) in [5.74, 6) is 1.33. The largest absolute Gasteiger partial charge is 0.416 e. The summed E-state index contributed by atoms with van der Waals surface area (Å²) in [5, 5.41) is 5.05. The van der Waals surface area contributed by atoms with Crippen molar-refractivity contribution in [2.24, 2.45) is 0 Å². The van der Waals surface area contributed by atoms with Gasteiger partial charge < -0.3 is 5.73 Å². The maximum Gasteiger partial charge on any atom is 0.416 e. The molecule has 7 heteroatoms. The summed E-state index contributed by atoms with van der Waals surface area (Å²) in [6, 6.07) is 6.49. The first-order chi connectivity index (χ1) is 9.41. The second-order valence-corrected chi connectivity index (χ2v) is 5.33. The molecular formula is C13H14F3N3S. The number of nitrogens with zero attached hydrogens (tertiary/aromatic N) is 2. The first-order valence-electron chi connectivity index (χ1n) is 6.08. The molecule has 2 rings (SSSR count). The molecule has 0 unspecified atom stereocenters. The molecule has 0 atom stereocenters. The zero-order chi connectivity index (χ0) is 14.8. The van der Waals surface area contributed by atoms with Gasteiger partial charge in [-0.3, -0.25) is 0 Å². The fourth-order valence-electron chi connectivity index (χ4n) is 1.65. The number of rotatable bonds is 4. The second kappa shape index (κ2) is 5.78. The number of nitrogens with two attached hydrogens (primary N) is 1. The molecule has 0 fully saturated rings. The lowest BCUT2D eigenvalue weighted by Crippen LogP contribution is -2.06. The van der Waals surface area contributed by atoms with E-state index in [9.17, 15) is 13.2 Å². The number of benzene rings is 1. The molecule has 0 radical (unpaired) electrons. The topological polar surface area (TPSA) is 43.8 Å². The molecule has 3 nitrogen and oxygen atoms in total. The lowest BCUT2D eigenvalue weighted by molar-refractivity contribution is -0.137. The molecule has 0 aliphatic rings. The van der Waals surface area contributed by atoms with Crippen molar-refractivity contribution in [1.29, 1.82) is 0 Å². The van der Waals surface area contributed by atoms with Gasteiger partial charge in [-0.15, -0.1) is 11.8 Å². The summed E-state index contributed by atoms with van der Waals surface area (Å²) in [6.45, 7) is 2.06. The van der Waals surface area contributed by atoms with Crippen molar-refractivity contribution in [3.8, 4) is 5.69 Å². The first kappa shape index (κ1) is 14.8. The second-order valence-electron chi connectivity index (χ2n) is 4.21. The Morgan fingerprint density at radius 2 is 1.90 bits per heavy atom. The Labute approximate surface area is 119 Å². The molecule has 0 saturated heterocycles. The van der Waals surface area contributed by atoms with Crippen LogP contribution in [-0.2, 0) is 6.18 Å². The molecule has 2 N–H and O–H groups in total. The predicted octanol–water partition coefficient (Wildman–Crippen LogP) is 3.98. The van der Waals surface area contributed by atoms with E-state index in [1.807, 2.05) is 0 Å². The van der Waals surface area contributed by atoms with E-state index in [1.54, 1.807) is 17.8 Å². The molecule has 0 bridgehead atoms. The SMILES string of the molecule is CCCSc1cc(N)n(-c2ccc(C(F)(F)F)cc2)n1. The fourth-order valence-corrected chi connectivity index (χ4v) is 2.41.